The summed E-state index contributed by atoms with van der Waals surface area (Å²) in [7, 11) is 0. The Morgan fingerprint density at radius 1 is 1.57 bits per heavy atom. The molecule has 0 amide bonds. The lowest BCUT2D eigenvalue weighted by molar-refractivity contribution is 0.226. The van der Waals surface area contributed by atoms with Crippen LogP contribution in [0.4, 0.5) is 5.69 Å². The minimum Gasteiger partial charge on any atom is -0.487 e. The third-order valence-corrected chi connectivity index (χ3v) is 2.39. The highest BCUT2D eigenvalue weighted by atomic mass is 16.5. The van der Waals surface area contributed by atoms with E-state index < -0.39 is 0 Å². The standard InChI is InChI=1S/C11H16N2O/c1-8-7-13-10-6-9(4-5-12)2-3-11(10)14-8/h2-3,6,8,13H,4-5,7,12H2,1H3. The van der Waals surface area contributed by atoms with E-state index in [4.69, 9.17) is 10.5 Å². The predicted molar refractivity (Wildman–Crippen MR) is 57.8 cm³/mol. The van der Waals surface area contributed by atoms with Gasteiger partial charge in [-0.1, -0.05) is 6.07 Å². The van der Waals surface area contributed by atoms with E-state index >= 15 is 0 Å². The van der Waals surface area contributed by atoms with Crippen LogP contribution in [0.5, 0.6) is 5.75 Å². The van der Waals surface area contributed by atoms with E-state index in [1.807, 2.05) is 6.07 Å². The zero-order valence-corrected chi connectivity index (χ0v) is 8.42. The van der Waals surface area contributed by atoms with Gasteiger partial charge in [-0.25, -0.2) is 0 Å². The van der Waals surface area contributed by atoms with Crippen molar-refractivity contribution in [2.75, 3.05) is 18.4 Å². The summed E-state index contributed by atoms with van der Waals surface area (Å²) < 4.78 is 5.67. The van der Waals surface area contributed by atoms with E-state index in [0.29, 0.717) is 6.54 Å². The van der Waals surface area contributed by atoms with E-state index in [9.17, 15) is 0 Å². The van der Waals surface area contributed by atoms with Crippen LogP contribution in [-0.4, -0.2) is 19.2 Å². The summed E-state index contributed by atoms with van der Waals surface area (Å²) in [6.45, 7) is 3.62. The summed E-state index contributed by atoms with van der Waals surface area (Å²) in [5.74, 6) is 0.949. The lowest BCUT2D eigenvalue weighted by Crippen LogP contribution is -2.27. The highest BCUT2D eigenvalue weighted by molar-refractivity contribution is 5.59. The van der Waals surface area contributed by atoms with Crippen LogP contribution >= 0.6 is 0 Å². The van der Waals surface area contributed by atoms with E-state index in [2.05, 4.69) is 24.4 Å². The molecule has 3 N–H and O–H groups in total. The minimum atomic E-state index is 0.253. The molecule has 0 bridgehead atoms. The van der Waals surface area contributed by atoms with Crippen molar-refractivity contribution in [1.82, 2.24) is 0 Å². The van der Waals surface area contributed by atoms with E-state index in [1.54, 1.807) is 0 Å². The van der Waals surface area contributed by atoms with E-state index in [-0.39, 0.29) is 6.10 Å². The smallest absolute Gasteiger partial charge is 0.142 e. The van der Waals surface area contributed by atoms with Crippen molar-refractivity contribution in [3.8, 4) is 5.75 Å². The van der Waals surface area contributed by atoms with Crippen molar-refractivity contribution in [2.45, 2.75) is 19.4 Å². The van der Waals surface area contributed by atoms with Gasteiger partial charge in [0.15, 0.2) is 0 Å². The third-order valence-electron chi connectivity index (χ3n) is 2.39. The van der Waals surface area contributed by atoms with Crippen LogP contribution in [0.1, 0.15) is 12.5 Å². The molecule has 1 unspecified atom stereocenters. The molecule has 0 saturated heterocycles. The Labute approximate surface area is 84.3 Å². The number of nitrogens with two attached hydrogens (primary N) is 1. The molecular formula is C11H16N2O. The lowest BCUT2D eigenvalue weighted by atomic mass is 10.1. The Hall–Kier alpha value is -1.22. The highest BCUT2D eigenvalue weighted by Crippen LogP contribution is 2.29. The van der Waals surface area contributed by atoms with Crippen molar-refractivity contribution in [1.29, 1.82) is 0 Å². The van der Waals surface area contributed by atoms with Gasteiger partial charge in [0, 0.05) is 0 Å². The Morgan fingerprint density at radius 2 is 2.43 bits per heavy atom. The molecule has 0 aromatic heterocycles. The molecule has 2 rings (SSSR count). The summed E-state index contributed by atoms with van der Waals surface area (Å²) in [5, 5.41) is 3.35. The topological polar surface area (TPSA) is 47.3 Å². The molecule has 76 valence electrons. The molecular weight excluding hydrogens is 176 g/mol. The SMILES string of the molecule is CC1CNc2cc(CCN)ccc2O1. The summed E-state index contributed by atoms with van der Waals surface area (Å²) in [6, 6.07) is 6.21. The van der Waals surface area contributed by atoms with Gasteiger partial charge in [-0.2, -0.15) is 0 Å². The molecule has 1 aliphatic heterocycles. The normalized spacial score (nSPS) is 19.4. The molecule has 1 aromatic rings. The maximum Gasteiger partial charge on any atom is 0.142 e. The van der Waals surface area contributed by atoms with Crippen molar-refractivity contribution in [3.63, 3.8) is 0 Å². The largest absolute Gasteiger partial charge is 0.487 e. The second-order valence-electron chi connectivity index (χ2n) is 3.68. The fraction of sp³-hybridized carbons (Fsp3) is 0.455. The maximum atomic E-state index is 5.67. The van der Waals surface area contributed by atoms with Gasteiger partial charge in [0.2, 0.25) is 0 Å². The van der Waals surface area contributed by atoms with E-state index in [0.717, 1.165) is 24.4 Å². The van der Waals surface area contributed by atoms with Gasteiger partial charge >= 0.3 is 0 Å². The number of hydrogen-bond donors (Lipinski definition) is 2. The molecule has 0 saturated carbocycles. The van der Waals surface area contributed by atoms with Gasteiger partial charge in [0.25, 0.3) is 0 Å². The second kappa shape index (κ2) is 3.88. The molecule has 1 atom stereocenters. The monoisotopic (exact) mass is 192 g/mol. The molecule has 1 heterocycles. The Kier molecular flexibility index (Phi) is 2.59. The summed E-state index contributed by atoms with van der Waals surface area (Å²) in [6.07, 6.45) is 1.17. The Bertz CT molecular complexity index is 325. The van der Waals surface area contributed by atoms with Gasteiger partial charge in [-0.05, 0) is 37.6 Å². The minimum absolute atomic E-state index is 0.253. The molecule has 1 aromatic carbocycles. The number of rotatable bonds is 2. The molecule has 0 radical (unpaired) electrons. The third kappa shape index (κ3) is 1.82. The number of anilines is 1. The predicted octanol–water partition coefficient (Wildman–Crippen LogP) is 1.38. The van der Waals surface area contributed by atoms with Gasteiger partial charge < -0.3 is 15.8 Å². The molecule has 14 heavy (non-hydrogen) atoms. The molecule has 0 aliphatic carbocycles. The fourth-order valence-corrected chi connectivity index (χ4v) is 1.65. The number of ether oxygens (including phenoxy) is 1. The van der Waals surface area contributed by atoms with Crippen LogP contribution < -0.4 is 15.8 Å². The second-order valence-corrected chi connectivity index (χ2v) is 3.68. The summed E-state index contributed by atoms with van der Waals surface area (Å²) in [4.78, 5) is 0. The summed E-state index contributed by atoms with van der Waals surface area (Å²) in [5.41, 5.74) is 7.86. The maximum absolute atomic E-state index is 5.67. The zero-order chi connectivity index (χ0) is 9.97. The van der Waals surface area contributed by atoms with Crippen molar-refractivity contribution < 1.29 is 4.74 Å². The van der Waals surface area contributed by atoms with Crippen LogP contribution in [0.3, 0.4) is 0 Å². The molecule has 0 spiro atoms. The van der Waals surface area contributed by atoms with Crippen LogP contribution in [-0.2, 0) is 6.42 Å². The summed E-state index contributed by atoms with van der Waals surface area (Å²) >= 11 is 0. The van der Waals surface area contributed by atoms with Gasteiger partial charge in [0.05, 0.1) is 12.2 Å². The van der Waals surface area contributed by atoms with Gasteiger partial charge in [0.1, 0.15) is 11.9 Å². The molecule has 1 aliphatic rings. The molecule has 3 nitrogen and oxygen atoms in total. The first-order chi connectivity index (χ1) is 6.79. The first-order valence-corrected chi connectivity index (χ1v) is 5.03. The first kappa shape index (κ1) is 9.34. The molecule has 3 heteroatoms. The number of nitrogens with one attached hydrogen (secondary N) is 1. The highest BCUT2D eigenvalue weighted by Gasteiger charge is 2.14. The van der Waals surface area contributed by atoms with Gasteiger partial charge in [-0.3, -0.25) is 0 Å². The zero-order valence-electron chi connectivity index (χ0n) is 8.42. The lowest BCUT2D eigenvalue weighted by Gasteiger charge is -2.25. The van der Waals surface area contributed by atoms with Crippen LogP contribution in [0.15, 0.2) is 18.2 Å². The van der Waals surface area contributed by atoms with Crippen LogP contribution in [0.2, 0.25) is 0 Å². The fourth-order valence-electron chi connectivity index (χ4n) is 1.65. The Morgan fingerprint density at radius 3 is 3.21 bits per heavy atom. The average molecular weight is 192 g/mol. The van der Waals surface area contributed by atoms with Crippen molar-refractivity contribution >= 4 is 5.69 Å². The molecule has 0 fully saturated rings. The van der Waals surface area contributed by atoms with Crippen LogP contribution in [0, 0.1) is 0 Å². The van der Waals surface area contributed by atoms with Crippen molar-refractivity contribution in [2.24, 2.45) is 5.73 Å². The number of benzene rings is 1. The number of fused-ring (bicyclic) bond motifs is 1. The van der Waals surface area contributed by atoms with Gasteiger partial charge in [-0.15, -0.1) is 0 Å². The quantitative estimate of drug-likeness (QED) is 0.744. The van der Waals surface area contributed by atoms with Crippen molar-refractivity contribution in [3.05, 3.63) is 23.8 Å². The first-order valence-electron chi connectivity index (χ1n) is 5.03. The van der Waals surface area contributed by atoms with Crippen LogP contribution in [0.25, 0.3) is 0 Å². The number of hydrogen-bond acceptors (Lipinski definition) is 3. The van der Waals surface area contributed by atoms with E-state index in [1.165, 1.54) is 5.56 Å². The Balaban J connectivity index is 2.22. The average Bonchev–Trinajstić information content (AvgIpc) is 2.19.